The number of carbonyl (C=O) groups excluding carboxylic acids is 2. The van der Waals surface area contributed by atoms with Crippen molar-refractivity contribution >= 4 is 39.1 Å². The molecule has 6 nitrogen and oxygen atoms in total. The molecule has 3 aromatic rings. The van der Waals surface area contributed by atoms with Crippen molar-refractivity contribution < 1.29 is 18.7 Å². The summed E-state index contributed by atoms with van der Waals surface area (Å²) in [6.07, 6.45) is 1.52. The van der Waals surface area contributed by atoms with Crippen LogP contribution < -0.4 is 4.90 Å². The number of amides is 1. The molecule has 0 atom stereocenters. The third-order valence-corrected chi connectivity index (χ3v) is 5.45. The number of para-hydroxylation sites is 1. The lowest BCUT2D eigenvalue weighted by Gasteiger charge is -2.21. The molecule has 0 saturated carbocycles. The number of rotatable bonds is 9. The molecule has 154 valence electrons. The van der Waals surface area contributed by atoms with Crippen molar-refractivity contribution in [1.29, 1.82) is 5.26 Å². The molecule has 0 spiro atoms. The van der Waals surface area contributed by atoms with Crippen molar-refractivity contribution in [2.45, 2.75) is 25.7 Å². The Labute approximate surface area is 177 Å². The topological polar surface area (TPSA) is 83.3 Å². The number of aryl methyl sites for hydroxylation is 1. The zero-order valence-corrected chi connectivity index (χ0v) is 17.0. The number of carbonyl (C=O) groups is 2. The highest BCUT2D eigenvalue weighted by Crippen LogP contribution is 2.22. The Morgan fingerprint density at radius 1 is 1.17 bits per heavy atom. The van der Waals surface area contributed by atoms with E-state index in [1.165, 1.54) is 29.2 Å². The van der Waals surface area contributed by atoms with Gasteiger partial charge in [-0.1, -0.05) is 12.1 Å². The Hall–Kier alpha value is -3.31. The maximum Gasteiger partial charge on any atom is 0.306 e. The van der Waals surface area contributed by atoms with Crippen molar-refractivity contribution in [3.05, 3.63) is 59.4 Å². The van der Waals surface area contributed by atoms with Gasteiger partial charge in [0.15, 0.2) is 6.61 Å². The first kappa shape index (κ1) is 21.4. The first-order valence-electron chi connectivity index (χ1n) is 9.50. The minimum Gasteiger partial charge on any atom is -0.456 e. The van der Waals surface area contributed by atoms with Crippen molar-refractivity contribution in [1.82, 2.24) is 4.98 Å². The van der Waals surface area contributed by atoms with E-state index in [9.17, 15) is 14.0 Å². The van der Waals surface area contributed by atoms with Crippen LogP contribution in [-0.2, 0) is 20.7 Å². The summed E-state index contributed by atoms with van der Waals surface area (Å²) in [6, 6.07) is 15.2. The molecule has 0 bridgehead atoms. The van der Waals surface area contributed by atoms with Gasteiger partial charge in [0, 0.05) is 18.7 Å². The van der Waals surface area contributed by atoms with E-state index in [0.717, 1.165) is 15.2 Å². The fourth-order valence-corrected chi connectivity index (χ4v) is 3.89. The van der Waals surface area contributed by atoms with Crippen LogP contribution in [0.5, 0.6) is 0 Å². The van der Waals surface area contributed by atoms with E-state index >= 15 is 0 Å². The number of aromatic nitrogens is 1. The first-order chi connectivity index (χ1) is 14.6. The van der Waals surface area contributed by atoms with E-state index in [1.54, 1.807) is 11.3 Å². The second-order valence-electron chi connectivity index (χ2n) is 6.52. The van der Waals surface area contributed by atoms with Gasteiger partial charge in [0.05, 0.1) is 27.7 Å². The molecule has 0 aliphatic heterocycles. The number of halogens is 1. The summed E-state index contributed by atoms with van der Waals surface area (Å²) in [7, 11) is 0. The molecule has 1 heterocycles. The van der Waals surface area contributed by atoms with Crippen LogP contribution >= 0.6 is 11.3 Å². The fraction of sp³-hybridized carbons (Fsp3) is 0.273. The van der Waals surface area contributed by atoms with Gasteiger partial charge in [-0.05, 0) is 49.2 Å². The number of nitrogens with zero attached hydrogens (tertiary/aromatic N) is 3. The predicted molar refractivity (Wildman–Crippen MR) is 113 cm³/mol. The van der Waals surface area contributed by atoms with E-state index < -0.39 is 24.3 Å². The number of thiazole rings is 1. The van der Waals surface area contributed by atoms with E-state index in [4.69, 9.17) is 10.00 Å². The minimum atomic E-state index is -0.469. The number of esters is 1. The van der Waals surface area contributed by atoms with Crippen LogP contribution in [0.2, 0.25) is 0 Å². The maximum atomic E-state index is 13.1. The predicted octanol–water partition coefficient (Wildman–Crippen LogP) is 4.25. The van der Waals surface area contributed by atoms with E-state index in [-0.39, 0.29) is 19.4 Å². The largest absolute Gasteiger partial charge is 0.456 e. The Kier molecular flexibility index (Phi) is 7.46. The van der Waals surface area contributed by atoms with Crippen LogP contribution in [0.3, 0.4) is 0 Å². The van der Waals surface area contributed by atoms with Crippen LogP contribution in [0.4, 0.5) is 10.1 Å². The molecule has 0 N–H and O–H groups in total. The Bertz CT molecular complexity index is 1030. The van der Waals surface area contributed by atoms with Gasteiger partial charge >= 0.3 is 5.97 Å². The average molecular weight is 425 g/mol. The number of anilines is 1. The van der Waals surface area contributed by atoms with Gasteiger partial charge in [0.1, 0.15) is 5.82 Å². The highest BCUT2D eigenvalue weighted by Gasteiger charge is 2.17. The summed E-state index contributed by atoms with van der Waals surface area (Å²) in [5, 5.41) is 9.76. The van der Waals surface area contributed by atoms with Crippen molar-refractivity contribution in [2.75, 3.05) is 18.1 Å². The number of ether oxygens (including phenoxy) is 1. The monoisotopic (exact) mass is 425 g/mol. The fourth-order valence-electron chi connectivity index (χ4n) is 2.88. The van der Waals surface area contributed by atoms with E-state index in [0.29, 0.717) is 18.5 Å². The van der Waals surface area contributed by atoms with E-state index in [2.05, 4.69) is 4.98 Å². The van der Waals surface area contributed by atoms with Crippen molar-refractivity contribution in [2.24, 2.45) is 0 Å². The molecular formula is C22H20FN3O3S. The van der Waals surface area contributed by atoms with Gasteiger partial charge in [-0.15, -0.1) is 11.3 Å². The summed E-state index contributed by atoms with van der Waals surface area (Å²) in [6.45, 7) is -0.293. The van der Waals surface area contributed by atoms with Crippen LogP contribution in [0, 0.1) is 17.1 Å². The molecule has 0 unspecified atom stereocenters. The number of nitriles is 1. The summed E-state index contributed by atoms with van der Waals surface area (Å²) >= 11 is 1.60. The van der Waals surface area contributed by atoms with Gasteiger partial charge in [-0.3, -0.25) is 9.59 Å². The highest BCUT2D eigenvalue weighted by atomic mass is 32.1. The quantitative estimate of drug-likeness (QED) is 0.479. The second-order valence-corrected chi connectivity index (χ2v) is 7.63. The zero-order valence-electron chi connectivity index (χ0n) is 16.2. The lowest BCUT2D eigenvalue weighted by atomic mass is 10.2. The van der Waals surface area contributed by atoms with Gasteiger partial charge < -0.3 is 9.64 Å². The van der Waals surface area contributed by atoms with Crippen LogP contribution in [0.15, 0.2) is 48.5 Å². The first-order valence-corrected chi connectivity index (χ1v) is 10.3. The van der Waals surface area contributed by atoms with Crippen LogP contribution in [-0.4, -0.2) is 30.0 Å². The molecule has 2 aromatic carbocycles. The van der Waals surface area contributed by atoms with Gasteiger partial charge in [0.2, 0.25) is 0 Å². The number of hydrogen-bond acceptors (Lipinski definition) is 6. The van der Waals surface area contributed by atoms with Gasteiger partial charge in [-0.25, -0.2) is 9.37 Å². The molecule has 30 heavy (non-hydrogen) atoms. The Balaban J connectivity index is 1.47. The zero-order chi connectivity index (χ0) is 21.3. The number of benzene rings is 2. The van der Waals surface area contributed by atoms with Gasteiger partial charge in [-0.2, -0.15) is 5.26 Å². The Morgan fingerprint density at radius 3 is 2.67 bits per heavy atom. The van der Waals surface area contributed by atoms with Crippen LogP contribution in [0.25, 0.3) is 10.2 Å². The molecular weight excluding hydrogens is 405 g/mol. The molecule has 0 saturated heterocycles. The molecule has 1 aromatic heterocycles. The molecule has 8 heteroatoms. The normalized spacial score (nSPS) is 10.5. The van der Waals surface area contributed by atoms with E-state index in [1.807, 2.05) is 30.3 Å². The molecule has 1 amide bonds. The lowest BCUT2D eigenvalue weighted by molar-refractivity contribution is -0.147. The molecule has 0 aliphatic rings. The molecule has 0 fully saturated rings. The molecule has 0 aliphatic carbocycles. The number of hydrogen-bond donors (Lipinski definition) is 0. The average Bonchev–Trinajstić information content (AvgIpc) is 3.16. The minimum absolute atomic E-state index is 0.110. The molecule has 0 radical (unpaired) electrons. The standard InChI is InChI=1S/C22H20FN3O3S/c23-16-9-11-17(12-10-16)26(14-4-13-24)21(27)15-29-22(28)8-3-7-20-25-18-5-1-2-6-19(18)30-20/h1-2,5-6,9-12H,3-4,7-8,14-15H2. The summed E-state index contributed by atoms with van der Waals surface area (Å²) < 4.78 is 19.3. The third kappa shape index (κ3) is 5.84. The number of fused-ring (bicyclic) bond motifs is 1. The maximum absolute atomic E-state index is 13.1. The van der Waals surface area contributed by atoms with Gasteiger partial charge in [0.25, 0.3) is 5.91 Å². The lowest BCUT2D eigenvalue weighted by Crippen LogP contribution is -2.35. The highest BCUT2D eigenvalue weighted by molar-refractivity contribution is 7.18. The Morgan fingerprint density at radius 2 is 1.93 bits per heavy atom. The summed E-state index contributed by atoms with van der Waals surface area (Å²) in [4.78, 5) is 30.3. The van der Waals surface area contributed by atoms with Crippen molar-refractivity contribution in [3.8, 4) is 6.07 Å². The summed E-state index contributed by atoms with van der Waals surface area (Å²) in [5.41, 5.74) is 1.40. The second kappa shape index (κ2) is 10.5. The third-order valence-electron chi connectivity index (χ3n) is 4.35. The summed E-state index contributed by atoms with van der Waals surface area (Å²) in [5.74, 6) is -1.36. The van der Waals surface area contributed by atoms with Crippen LogP contribution in [0.1, 0.15) is 24.3 Å². The SMILES string of the molecule is N#CCCN(C(=O)COC(=O)CCCc1nc2ccccc2s1)c1ccc(F)cc1. The van der Waals surface area contributed by atoms with Crippen molar-refractivity contribution in [3.63, 3.8) is 0 Å². The smallest absolute Gasteiger partial charge is 0.306 e. The molecule has 3 rings (SSSR count).